The molecule has 4 rings (SSSR count). The lowest BCUT2D eigenvalue weighted by molar-refractivity contribution is 0.297. The minimum atomic E-state index is 0.707. The van der Waals surface area contributed by atoms with Gasteiger partial charge >= 0.3 is 0 Å². The number of benzene rings is 1. The van der Waals surface area contributed by atoms with Crippen molar-refractivity contribution in [3.05, 3.63) is 18.0 Å². The molecule has 0 spiro atoms. The van der Waals surface area contributed by atoms with Crippen molar-refractivity contribution in [3.63, 3.8) is 0 Å². The van der Waals surface area contributed by atoms with Crippen molar-refractivity contribution >= 4 is 11.0 Å². The number of nitrogens with zero attached hydrogens (tertiary/aromatic N) is 1. The minimum Gasteiger partial charge on any atom is -0.489 e. The van der Waals surface area contributed by atoms with Gasteiger partial charge in [0.1, 0.15) is 5.82 Å². The Bertz CT molecular complexity index is 576. The number of aromatic nitrogens is 2. The highest BCUT2D eigenvalue weighted by Gasteiger charge is 2.20. The molecule has 106 valence electrons. The van der Waals surface area contributed by atoms with Gasteiger partial charge in [0.05, 0.1) is 30.8 Å². The average molecular weight is 273 g/mol. The first-order valence-electron chi connectivity index (χ1n) is 7.37. The number of hydrogen-bond donors (Lipinski definition) is 2. The van der Waals surface area contributed by atoms with Crippen molar-refractivity contribution in [2.45, 2.75) is 25.8 Å². The summed E-state index contributed by atoms with van der Waals surface area (Å²) in [6.45, 7) is 3.30. The van der Waals surface area contributed by atoms with Gasteiger partial charge in [0, 0.05) is 18.6 Å². The maximum absolute atomic E-state index is 5.70. The lowest BCUT2D eigenvalue weighted by Gasteiger charge is -2.05. The highest BCUT2D eigenvalue weighted by atomic mass is 16.5. The Morgan fingerprint density at radius 3 is 2.80 bits per heavy atom. The van der Waals surface area contributed by atoms with Gasteiger partial charge in [0.2, 0.25) is 0 Å². The molecule has 2 aliphatic rings. The van der Waals surface area contributed by atoms with Crippen molar-refractivity contribution < 1.29 is 9.47 Å². The van der Waals surface area contributed by atoms with Gasteiger partial charge in [0.15, 0.2) is 11.5 Å². The molecular weight excluding hydrogens is 254 g/mol. The first-order chi connectivity index (χ1) is 9.88. The van der Waals surface area contributed by atoms with Crippen molar-refractivity contribution in [2.75, 3.05) is 19.8 Å². The number of imidazole rings is 1. The molecule has 1 saturated carbocycles. The number of fused-ring (bicyclic) bond motifs is 2. The average Bonchev–Trinajstić information content (AvgIpc) is 3.20. The summed E-state index contributed by atoms with van der Waals surface area (Å²) >= 11 is 0. The quantitative estimate of drug-likeness (QED) is 0.897. The summed E-state index contributed by atoms with van der Waals surface area (Å²) < 4.78 is 11.4. The van der Waals surface area contributed by atoms with Gasteiger partial charge in [-0.25, -0.2) is 4.98 Å². The summed E-state index contributed by atoms with van der Waals surface area (Å²) in [6, 6.07) is 3.96. The van der Waals surface area contributed by atoms with Crippen LogP contribution in [0.25, 0.3) is 11.0 Å². The summed E-state index contributed by atoms with van der Waals surface area (Å²) in [4.78, 5) is 7.97. The van der Waals surface area contributed by atoms with Gasteiger partial charge in [-0.3, -0.25) is 0 Å². The third-order valence-electron chi connectivity index (χ3n) is 3.82. The van der Waals surface area contributed by atoms with E-state index in [0.717, 1.165) is 53.8 Å². The Labute approximate surface area is 117 Å². The van der Waals surface area contributed by atoms with Crippen LogP contribution in [0.1, 0.15) is 25.1 Å². The van der Waals surface area contributed by atoms with Crippen LogP contribution < -0.4 is 14.8 Å². The molecule has 2 heterocycles. The SMILES string of the molecule is c1c2c(cc3[nH]c(CNCC4CC4)nc13)OCCCO2. The normalized spacial score (nSPS) is 18.2. The Balaban J connectivity index is 1.55. The van der Waals surface area contributed by atoms with Crippen molar-refractivity contribution in [1.82, 2.24) is 15.3 Å². The fourth-order valence-corrected chi connectivity index (χ4v) is 2.52. The molecule has 0 radical (unpaired) electrons. The maximum atomic E-state index is 5.70. The van der Waals surface area contributed by atoms with E-state index in [0.29, 0.717) is 13.2 Å². The lowest BCUT2D eigenvalue weighted by Crippen LogP contribution is -2.16. The summed E-state index contributed by atoms with van der Waals surface area (Å²) in [5.41, 5.74) is 1.95. The van der Waals surface area contributed by atoms with E-state index in [9.17, 15) is 0 Å². The number of nitrogens with one attached hydrogen (secondary N) is 2. The molecule has 2 aromatic rings. The van der Waals surface area contributed by atoms with E-state index in [1.54, 1.807) is 0 Å². The summed E-state index contributed by atoms with van der Waals surface area (Å²) in [5, 5.41) is 3.45. The highest BCUT2D eigenvalue weighted by Crippen LogP contribution is 2.33. The van der Waals surface area contributed by atoms with Crippen LogP contribution in [0.2, 0.25) is 0 Å². The molecule has 1 aromatic heterocycles. The smallest absolute Gasteiger partial charge is 0.163 e. The standard InChI is InChI=1S/C15H19N3O2/c1-4-19-13-6-11-12(7-14(13)20-5-1)18-15(17-11)9-16-8-10-2-3-10/h6-7,10,16H,1-5,8-9H2,(H,17,18). The zero-order chi connectivity index (χ0) is 13.4. The maximum Gasteiger partial charge on any atom is 0.163 e. The predicted octanol–water partition coefficient (Wildman–Crippen LogP) is 2.22. The van der Waals surface area contributed by atoms with Crippen LogP contribution >= 0.6 is 0 Å². The van der Waals surface area contributed by atoms with E-state index in [-0.39, 0.29) is 0 Å². The molecule has 0 unspecified atom stereocenters. The molecule has 1 aliphatic carbocycles. The largest absolute Gasteiger partial charge is 0.489 e. The van der Waals surface area contributed by atoms with E-state index in [1.165, 1.54) is 12.8 Å². The van der Waals surface area contributed by atoms with Gasteiger partial charge in [-0.1, -0.05) is 0 Å². The fourth-order valence-electron chi connectivity index (χ4n) is 2.52. The van der Waals surface area contributed by atoms with Gasteiger partial charge in [0.25, 0.3) is 0 Å². The van der Waals surface area contributed by atoms with Crippen LogP contribution in [-0.2, 0) is 6.54 Å². The summed E-state index contributed by atoms with van der Waals surface area (Å²) in [7, 11) is 0. The zero-order valence-corrected chi connectivity index (χ0v) is 11.4. The van der Waals surface area contributed by atoms with Crippen LogP contribution in [-0.4, -0.2) is 29.7 Å². The molecule has 5 nitrogen and oxygen atoms in total. The summed E-state index contributed by atoms with van der Waals surface area (Å²) in [6.07, 6.45) is 3.66. The number of ether oxygens (including phenoxy) is 2. The molecule has 2 N–H and O–H groups in total. The number of H-pyrrole nitrogens is 1. The van der Waals surface area contributed by atoms with Crippen LogP contribution in [0.15, 0.2) is 12.1 Å². The minimum absolute atomic E-state index is 0.707. The first-order valence-corrected chi connectivity index (χ1v) is 7.37. The molecule has 1 aliphatic heterocycles. The predicted molar refractivity (Wildman–Crippen MR) is 76.1 cm³/mol. The molecule has 0 atom stereocenters. The lowest BCUT2D eigenvalue weighted by atomic mass is 10.3. The van der Waals surface area contributed by atoms with Crippen LogP contribution in [0, 0.1) is 5.92 Å². The van der Waals surface area contributed by atoms with Crippen molar-refractivity contribution in [3.8, 4) is 11.5 Å². The van der Waals surface area contributed by atoms with E-state index >= 15 is 0 Å². The van der Waals surface area contributed by atoms with Crippen molar-refractivity contribution in [1.29, 1.82) is 0 Å². The van der Waals surface area contributed by atoms with Gasteiger partial charge in [-0.2, -0.15) is 0 Å². The Morgan fingerprint density at radius 1 is 1.20 bits per heavy atom. The van der Waals surface area contributed by atoms with Crippen LogP contribution in [0.5, 0.6) is 11.5 Å². The summed E-state index contributed by atoms with van der Waals surface area (Å²) in [5.74, 6) is 3.48. The molecule has 5 heteroatoms. The fraction of sp³-hybridized carbons (Fsp3) is 0.533. The second kappa shape index (κ2) is 4.98. The Hall–Kier alpha value is -1.75. The zero-order valence-electron chi connectivity index (χ0n) is 11.4. The Kier molecular flexibility index (Phi) is 2.99. The molecule has 0 amide bonds. The number of rotatable bonds is 4. The monoisotopic (exact) mass is 273 g/mol. The highest BCUT2D eigenvalue weighted by molar-refractivity contribution is 5.79. The van der Waals surface area contributed by atoms with Crippen LogP contribution in [0.3, 0.4) is 0 Å². The third kappa shape index (κ3) is 2.45. The second-order valence-electron chi connectivity index (χ2n) is 5.62. The molecule has 0 saturated heterocycles. The van der Waals surface area contributed by atoms with E-state index in [2.05, 4.69) is 15.3 Å². The first kappa shape index (κ1) is 12.0. The van der Waals surface area contributed by atoms with Crippen molar-refractivity contribution in [2.24, 2.45) is 5.92 Å². The number of aromatic amines is 1. The second-order valence-corrected chi connectivity index (χ2v) is 5.62. The number of hydrogen-bond acceptors (Lipinski definition) is 4. The molecule has 20 heavy (non-hydrogen) atoms. The molecule has 1 fully saturated rings. The topological polar surface area (TPSA) is 59.2 Å². The molecular formula is C15H19N3O2. The molecule has 1 aromatic carbocycles. The van der Waals surface area contributed by atoms with Gasteiger partial charge in [-0.15, -0.1) is 0 Å². The third-order valence-corrected chi connectivity index (χ3v) is 3.82. The van der Waals surface area contributed by atoms with E-state index in [4.69, 9.17) is 9.47 Å². The van der Waals surface area contributed by atoms with Gasteiger partial charge in [-0.05, 0) is 25.3 Å². The van der Waals surface area contributed by atoms with Gasteiger partial charge < -0.3 is 19.8 Å². The Morgan fingerprint density at radius 2 is 2.00 bits per heavy atom. The van der Waals surface area contributed by atoms with E-state index in [1.807, 2.05) is 12.1 Å². The van der Waals surface area contributed by atoms with Crippen LogP contribution in [0.4, 0.5) is 0 Å². The van der Waals surface area contributed by atoms with E-state index < -0.39 is 0 Å². The molecule has 0 bridgehead atoms.